The first-order valence-electron chi connectivity index (χ1n) is 19.9. The van der Waals surface area contributed by atoms with Crippen molar-refractivity contribution in [3.05, 3.63) is 131 Å². The Labute approximate surface area is 362 Å². The van der Waals surface area contributed by atoms with E-state index in [9.17, 15) is 9.90 Å². The second-order valence-corrected chi connectivity index (χ2v) is 14.5. The predicted molar refractivity (Wildman–Crippen MR) is 247 cm³/mol. The molecule has 3 N–H and O–H groups in total. The fourth-order valence-electron chi connectivity index (χ4n) is 8.37. The van der Waals surface area contributed by atoms with Crippen LogP contribution in [0.4, 0.5) is 0 Å². The Kier molecular flexibility index (Phi) is 10.6. The number of carboxylic acid groups (broad SMARTS) is 1. The molecule has 0 atom stereocenters. The highest BCUT2D eigenvalue weighted by Crippen LogP contribution is 2.48. The summed E-state index contributed by atoms with van der Waals surface area (Å²) in [7, 11) is 9.75. The normalized spacial score (nSPS) is 11.7. The van der Waals surface area contributed by atoms with Gasteiger partial charge in [0.15, 0.2) is 0 Å². The molecule has 12 nitrogen and oxygen atoms in total. The number of methoxy groups -OCH3 is 6. The van der Waals surface area contributed by atoms with E-state index < -0.39 is 5.97 Å². The Bertz CT molecular complexity index is 3060. The topological polar surface area (TPSA) is 150 Å². The van der Waals surface area contributed by atoms with Gasteiger partial charge in [0.2, 0.25) is 0 Å². The summed E-state index contributed by atoms with van der Waals surface area (Å²) in [6.45, 7) is 0. The quantitative estimate of drug-likeness (QED) is 0.115. The van der Waals surface area contributed by atoms with Crippen LogP contribution in [0.5, 0.6) is 34.5 Å². The average Bonchev–Trinajstić information content (AvgIpc) is 4.17. The first-order valence-corrected chi connectivity index (χ1v) is 19.9. The maximum atomic E-state index is 12.0. The number of benzene rings is 4. The summed E-state index contributed by atoms with van der Waals surface area (Å²) in [4.78, 5) is 30.2. The standard InChI is InChI=1S/C51H42N4O8/c1-58-38-10-7-11-39(59-2)48(38)45-32-22-20-30(52-32)44(28-16-18-29(19-17-28)51(56)57)31-21-23-33(53-31)46(49-40(60-3)12-8-13-41(49)61-4)35-25-27-37(55-35)47(36-26-24-34(45)54-36)50-42(62-5)14-9-15-43(50)63-6/h7-27,52,55H,1-6H3,(H,56,57). The van der Waals surface area contributed by atoms with Crippen molar-refractivity contribution in [1.29, 1.82) is 0 Å². The van der Waals surface area contributed by atoms with Crippen LogP contribution in [0, 0.1) is 0 Å². The number of hydrogen-bond donors (Lipinski definition) is 3. The molecule has 8 bridgehead atoms. The summed E-state index contributed by atoms with van der Waals surface area (Å²) in [5.41, 5.74) is 11.2. The van der Waals surface area contributed by atoms with Crippen molar-refractivity contribution < 1.29 is 38.3 Å². The lowest BCUT2D eigenvalue weighted by molar-refractivity contribution is 0.0697. The number of aromatic amines is 2. The SMILES string of the molecule is COc1cccc(OC)c1-c1c2nc(c(-c3c(OC)cccc3OC)c3ccc([nH]3)c(-c3c(OC)cccc3OC)c3nc(c(-c4ccc(C(=O)O)cc4)c4ccc1[nH]4)C=C3)C=C2. The first kappa shape index (κ1) is 40.2. The van der Waals surface area contributed by atoms with Gasteiger partial charge in [-0.05, 0) is 103 Å². The van der Waals surface area contributed by atoms with Gasteiger partial charge < -0.3 is 43.5 Å². The minimum atomic E-state index is -1.02. The van der Waals surface area contributed by atoms with E-state index in [2.05, 4.69) is 9.97 Å². The van der Waals surface area contributed by atoms with Crippen molar-refractivity contribution >= 4 is 52.3 Å². The second-order valence-electron chi connectivity index (χ2n) is 14.5. The first-order chi connectivity index (χ1) is 30.8. The minimum absolute atomic E-state index is 0.163. The molecule has 0 unspecified atom stereocenters. The van der Waals surface area contributed by atoms with Gasteiger partial charge in [-0.25, -0.2) is 14.8 Å². The van der Waals surface area contributed by atoms with Crippen LogP contribution in [0.2, 0.25) is 0 Å². The van der Waals surface area contributed by atoms with Gasteiger partial charge in [0, 0.05) is 44.3 Å². The number of carboxylic acids is 1. The van der Waals surface area contributed by atoms with Gasteiger partial charge in [-0.1, -0.05) is 30.3 Å². The largest absolute Gasteiger partial charge is 0.496 e. The van der Waals surface area contributed by atoms with E-state index in [1.807, 2.05) is 103 Å². The van der Waals surface area contributed by atoms with Gasteiger partial charge in [-0.3, -0.25) is 0 Å². The fraction of sp³-hybridized carbons (Fsp3) is 0.118. The summed E-state index contributed by atoms with van der Waals surface area (Å²) >= 11 is 0. The third-order valence-corrected chi connectivity index (χ3v) is 11.2. The minimum Gasteiger partial charge on any atom is -0.496 e. The molecule has 0 amide bonds. The molecule has 4 aromatic carbocycles. The van der Waals surface area contributed by atoms with E-state index in [0.717, 1.165) is 16.7 Å². The van der Waals surface area contributed by atoms with Crippen LogP contribution in [-0.2, 0) is 0 Å². The monoisotopic (exact) mass is 838 g/mol. The number of fused-ring (bicyclic) bond motifs is 8. The molecule has 0 radical (unpaired) electrons. The number of H-pyrrole nitrogens is 2. The molecular weight excluding hydrogens is 797 g/mol. The smallest absolute Gasteiger partial charge is 0.335 e. The highest BCUT2D eigenvalue weighted by atomic mass is 16.5. The summed E-state index contributed by atoms with van der Waals surface area (Å²) in [5.74, 6) is 2.46. The van der Waals surface area contributed by atoms with Crippen molar-refractivity contribution in [3.63, 3.8) is 0 Å². The maximum absolute atomic E-state index is 12.0. The van der Waals surface area contributed by atoms with E-state index in [0.29, 0.717) is 107 Å². The van der Waals surface area contributed by atoms with E-state index >= 15 is 0 Å². The van der Waals surface area contributed by atoms with Crippen LogP contribution in [0.15, 0.2) is 103 Å². The van der Waals surface area contributed by atoms with Crippen molar-refractivity contribution in [1.82, 2.24) is 19.9 Å². The van der Waals surface area contributed by atoms with Gasteiger partial charge in [-0.2, -0.15) is 0 Å². The summed E-state index contributed by atoms with van der Waals surface area (Å²) < 4.78 is 36.0. The van der Waals surface area contributed by atoms with Crippen molar-refractivity contribution in [3.8, 4) is 79.0 Å². The molecule has 63 heavy (non-hydrogen) atoms. The molecule has 3 aromatic heterocycles. The third kappa shape index (κ3) is 6.97. The van der Waals surface area contributed by atoms with Crippen LogP contribution in [0.25, 0.3) is 90.9 Å². The zero-order chi connectivity index (χ0) is 43.8. The molecule has 9 rings (SSSR count). The van der Waals surface area contributed by atoms with Crippen LogP contribution in [0.1, 0.15) is 33.1 Å². The molecule has 5 heterocycles. The Balaban J connectivity index is 1.53. The zero-order valence-corrected chi connectivity index (χ0v) is 35.3. The Morgan fingerprint density at radius 1 is 0.397 bits per heavy atom. The number of nitrogens with one attached hydrogen (secondary N) is 2. The van der Waals surface area contributed by atoms with E-state index in [1.165, 1.54) is 0 Å². The molecule has 0 saturated heterocycles. The number of hydrogen-bond acceptors (Lipinski definition) is 9. The summed E-state index contributed by atoms with van der Waals surface area (Å²) in [5, 5.41) is 9.81. The Morgan fingerprint density at radius 2 is 0.683 bits per heavy atom. The van der Waals surface area contributed by atoms with Crippen LogP contribution >= 0.6 is 0 Å². The third-order valence-electron chi connectivity index (χ3n) is 11.2. The van der Waals surface area contributed by atoms with E-state index in [1.54, 1.807) is 66.9 Å². The molecule has 7 aromatic rings. The predicted octanol–water partition coefficient (Wildman–Crippen LogP) is 11.1. The fourth-order valence-corrected chi connectivity index (χ4v) is 8.37. The van der Waals surface area contributed by atoms with Gasteiger partial charge in [0.05, 0.1) is 87.7 Å². The van der Waals surface area contributed by atoms with Crippen LogP contribution in [0.3, 0.4) is 0 Å². The lowest BCUT2D eigenvalue weighted by Gasteiger charge is -2.15. The number of carbonyl (C=O) groups is 1. The zero-order valence-electron chi connectivity index (χ0n) is 35.3. The highest BCUT2D eigenvalue weighted by molar-refractivity contribution is 6.03. The number of rotatable bonds is 11. The van der Waals surface area contributed by atoms with Crippen LogP contribution in [-0.4, -0.2) is 73.7 Å². The molecule has 0 fully saturated rings. The van der Waals surface area contributed by atoms with Gasteiger partial charge >= 0.3 is 5.97 Å². The number of aromatic nitrogens is 4. The number of ether oxygens (including phenoxy) is 6. The number of nitrogens with zero attached hydrogens (tertiary/aromatic N) is 2. The molecule has 0 spiro atoms. The molecule has 0 saturated carbocycles. The number of aromatic carboxylic acids is 1. The highest BCUT2D eigenvalue weighted by Gasteiger charge is 2.26. The lowest BCUT2D eigenvalue weighted by Crippen LogP contribution is -1.97. The van der Waals surface area contributed by atoms with Gasteiger partial charge in [0.1, 0.15) is 34.5 Å². The van der Waals surface area contributed by atoms with Gasteiger partial charge in [0.25, 0.3) is 0 Å². The second kappa shape index (κ2) is 16.7. The molecular formula is C51H42N4O8. The molecule has 12 heteroatoms. The van der Waals surface area contributed by atoms with Crippen LogP contribution < -0.4 is 28.4 Å². The summed E-state index contributed by atoms with van der Waals surface area (Å²) in [6, 6.07) is 31.7. The molecule has 2 aliphatic rings. The maximum Gasteiger partial charge on any atom is 0.335 e. The van der Waals surface area contributed by atoms with Crippen molar-refractivity contribution in [2.24, 2.45) is 0 Å². The van der Waals surface area contributed by atoms with E-state index in [-0.39, 0.29) is 5.56 Å². The summed E-state index contributed by atoms with van der Waals surface area (Å²) in [6.07, 6.45) is 7.86. The lowest BCUT2D eigenvalue weighted by atomic mass is 10.0. The molecule has 0 aliphatic carbocycles. The molecule has 2 aliphatic heterocycles. The van der Waals surface area contributed by atoms with E-state index in [4.69, 9.17) is 38.4 Å². The van der Waals surface area contributed by atoms with Crippen molar-refractivity contribution in [2.75, 3.05) is 42.7 Å². The Hall–Kier alpha value is -8.25. The Morgan fingerprint density at radius 3 is 0.968 bits per heavy atom. The average molecular weight is 839 g/mol. The van der Waals surface area contributed by atoms with Crippen molar-refractivity contribution in [2.45, 2.75) is 0 Å². The van der Waals surface area contributed by atoms with Gasteiger partial charge in [-0.15, -0.1) is 0 Å². The molecule has 314 valence electrons.